The zero-order valence-electron chi connectivity index (χ0n) is 9.37. The zero-order valence-corrected chi connectivity index (χ0v) is 9.37. The molecule has 1 heterocycles. The molecule has 0 spiro atoms. The third kappa shape index (κ3) is 2.60. The maximum atomic E-state index is 10.8. The molecule has 0 fully saturated rings. The number of rotatable bonds is 3. The number of carboxylic acids is 1. The van der Waals surface area contributed by atoms with Gasteiger partial charge < -0.3 is 9.67 Å². The number of carboxylic acid groups (broad SMARTS) is 1. The van der Waals surface area contributed by atoms with Crippen LogP contribution in [-0.4, -0.2) is 21.9 Å². The van der Waals surface area contributed by atoms with E-state index >= 15 is 0 Å². The molecule has 2 rings (SSSR count). The van der Waals surface area contributed by atoms with Crippen molar-refractivity contribution in [3.8, 4) is 0 Å². The van der Waals surface area contributed by atoms with Crippen molar-refractivity contribution in [3.05, 3.63) is 53.9 Å². The number of aliphatic imine (C=N–C) groups is 1. The minimum Gasteiger partial charge on any atom is -0.478 e. The average molecular weight is 228 g/mol. The Morgan fingerprint density at radius 2 is 2.18 bits per heavy atom. The van der Waals surface area contributed by atoms with Crippen LogP contribution in [0.25, 0.3) is 0 Å². The molecule has 4 nitrogen and oxygen atoms in total. The first-order valence-electron chi connectivity index (χ1n) is 5.15. The third-order valence-corrected chi connectivity index (χ3v) is 2.42. The lowest BCUT2D eigenvalue weighted by atomic mass is 10.2. The second-order valence-corrected chi connectivity index (χ2v) is 3.66. The fourth-order valence-corrected chi connectivity index (χ4v) is 1.47. The van der Waals surface area contributed by atoms with Gasteiger partial charge >= 0.3 is 5.97 Å². The maximum Gasteiger partial charge on any atom is 0.335 e. The van der Waals surface area contributed by atoms with Gasteiger partial charge in [0.15, 0.2) is 0 Å². The van der Waals surface area contributed by atoms with E-state index in [0.29, 0.717) is 5.69 Å². The summed E-state index contributed by atoms with van der Waals surface area (Å²) in [7, 11) is 1.93. The Balaban J connectivity index is 2.24. The van der Waals surface area contributed by atoms with E-state index in [4.69, 9.17) is 5.11 Å². The fraction of sp³-hybridized carbons (Fsp3) is 0.0769. The predicted molar refractivity (Wildman–Crippen MR) is 66.1 cm³/mol. The largest absolute Gasteiger partial charge is 0.478 e. The number of aromatic nitrogens is 1. The van der Waals surface area contributed by atoms with Crippen molar-refractivity contribution < 1.29 is 9.90 Å². The Morgan fingerprint density at radius 1 is 1.35 bits per heavy atom. The Hall–Kier alpha value is -2.36. The highest BCUT2D eigenvalue weighted by Gasteiger charge is 2.01. The lowest BCUT2D eigenvalue weighted by Crippen LogP contribution is -1.95. The monoisotopic (exact) mass is 228 g/mol. The van der Waals surface area contributed by atoms with Crippen molar-refractivity contribution in [3.63, 3.8) is 0 Å². The van der Waals surface area contributed by atoms with Crippen LogP contribution in [0.2, 0.25) is 0 Å². The summed E-state index contributed by atoms with van der Waals surface area (Å²) >= 11 is 0. The molecule has 0 unspecified atom stereocenters. The van der Waals surface area contributed by atoms with E-state index in [0.717, 1.165) is 5.69 Å². The topological polar surface area (TPSA) is 54.6 Å². The highest BCUT2D eigenvalue weighted by molar-refractivity contribution is 5.89. The minimum absolute atomic E-state index is 0.242. The molecule has 0 radical (unpaired) electrons. The molecule has 0 amide bonds. The van der Waals surface area contributed by atoms with Gasteiger partial charge in [0.1, 0.15) is 0 Å². The van der Waals surface area contributed by atoms with E-state index in [2.05, 4.69) is 4.99 Å². The molecule has 1 aromatic heterocycles. The van der Waals surface area contributed by atoms with Crippen LogP contribution in [0.1, 0.15) is 16.1 Å². The van der Waals surface area contributed by atoms with Crippen molar-refractivity contribution in [1.82, 2.24) is 4.57 Å². The Kier molecular flexibility index (Phi) is 3.05. The van der Waals surface area contributed by atoms with E-state index in [-0.39, 0.29) is 5.56 Å². The molecule has 0 aliphatic carbocycles. The normalized spacial score (nSPS) is 10.9. The van der Waals surface area contributed by atoms with Gasteiger partial charge in [0.05, 0.1) is 23.2 Å². The van der Waals surface area contributed by atoms with Crippen LogP contribution in [-0.2, 0) is 7.05 Å². The first-order chi connectivity index (χ1) is 8.16. The smallest absolute Gasteiger partial charge is 0.335 e. The van der Waals surface area contributed by atoms with Gasteiger partial charge in [-0.15, -0.1) is 0 Å². The third-order valence-electron chi connectivity index (χ3n) is 2.42. The van der Waals surface area contributed by atoms with Gasteiger partial charge in [-0.05, 0) is 30.3 Å². The summed E-state index contributed by atoms with van der Waals surface area (Å²) in [5.74, 6) is -0.944. The number of carbonyl (C=O) groups is 1. The lowest BCUT2D eigenvalue weighted by molar-refractivity contribution is 0.0697. The molecular formula is C13H12N2O2. The fourth-order valence-electron chi connectivity index (χ4n) is 1.47. The SMILES string of the molecule is Cn1cccc1C=Nc1cccc(C(=O)O)c1. The summed E-state index contributed by atoms with van der Waals surface area (Å²) in [6.07, 6.45) is 3.63. The number of nitrogens with zero attached hydrogens (tertiary/aromatic N) is 2. The van der Waals surface area contributed by atoms with Crippen molar-refractivity contribution in [2.24, 2.45) is 12.0 Å². The van der Waals surface area contributed by atoms with Crippen LogP contribution in [0.5, 0.6) is 0 Å². The molecule has 0 atom stereocenters. The quantitative estimate of drug-likeness (QED) is 0.820. The van der Waals surface area contributed by atoms with Gasteiger partial charge in [-0.3, -0.25) is 4.99 Å². The molecular weight excluding hydrogens is 216 g/mol. The second kappa shape index (κ2) is 4.65. The Bertz CT molecular complexity index is 570. The highest BCUT2D eigenvalue weighted by atomic mass is 16.4. The zero-order chi connectivity index (χ0) is 12.3. The van der Waals surface area contributed by atoms with Crippen LogP contribution in [0, 0.1) is 0 Å². The van der Waals surface area contributed by atoms with Gasteiger partial charge in [-0.2, -0.15) is 0 Å². The van der Waals surface area contributed by atoms with Crippen LogP contribution >= 0.6 is 0 Å². The molecule has 0 bridgehead atoms. The molecule has 2 aromatic rings. The molecule has 1 aromatic carbocycles. The van der Waals surface area contributed by atoms with Crippen molar-refractivity contribution in [2.75, 3.05) is 0 Å². The highest BCUT2D eigenvalue weighted by Crippen LogP contribution is 2.14. The molecule has 0 saturated heterocycles. The van der Waals surface area contributed by atoms with E-state index in [1.807, 2.05) is 29.9 Å². The lowest BCUT2D eigenvalue weighted by Gasteiger charge is -1.97. The molecule has 0 aliphatic heterocycles. The van der Waals surface area contributed by atoms with Crippen molar-refractivity contribution in [1.29, 1.82) is 0 Å². The van der Waals surface area contributed by atoms with Gasteiger partial charge in [0.2, 0.25) is 0 Å². The Labute approximate surface area is 98.9 Å². The molecule has 17 heavy (non-hydrogen) atoms. The number of aromatic carboxylic acids is 1. The summed E-state index contributed by atoms with van der Waals surface area (Å²) in [5.41, 5.74) is 1.84. The molecule has 86 valence electrons. The summed E-state index contributed by atoms with van der Waals surface area (Å²) in [5, 5.41) is 8.85. The summed E-state index contributed by atoms with van der Waals surface area (Å²) in [4.78, 5) is 15.0. The average Bonchev–Trinajstić information content (AvgIpc) is 2.72. The van der Waals surface area contributed by atoms with Gasteiger partial charge in [0, 0.05) is 13.2 Å². The van der Waals surface area contributed by atoms with Gasteiger partial charge in [-0.1, -0.05) is 6.07 Å². The van der Waals surface area contributed by atoms with Gasteiger partial charge in [-0.25, -0.2) is 4.79 Å². The van der Waals surface area contributed by atoms with Crippen molar-refractivity contribution >= 4 is 17.9 Å². The van der Waals surface area contributed by atoms with Gasteiger partial charge in [0.25, 0.3) is 0 Å². The second-order valence-electron chi connectivity index (χ2n) is 3.66. The number of hydrogen-bond acceptors (Lipinski definition) is 2. The predicted octanol–water partition coefficient (Wildman–Crippen LogP) is 2.47. The maximum absolute atomic E-state index is 10.8. The van der Waals surface area contributed by atoms with E-state index in [9.17, 15) is 4.79 Å². The van der Waals surface area contributed by atoms with Crippen LogP contribution in [0.4, 0.5) is 5.69 Å². The number of aryl methyl sites for hydroxylation is 1. The first kappa shape index (κ1) is 11.1. The summed E-state index contributed by atoms with van der Waals surface area (Å²) < 4.78 is 1.94. The van der Waals surface area contributed by atoms with Crippen LogP contribution in [0.3, 0.4) is 0 Å². The standard InChI is InChI=1S/C13H12N2O2/c1-15-7-3-6-12(15)9-14-11-5-2-4-10(8-11)13(16)17/h2-9H,1H3,(H,16,17). The Morgan fingerprint density at radius 3 is 2.82 bits per heavy atom. The van der Waals surface area contributed by atoms with E-state index in [1.54, 1.807) is 30.5 Å². The summed E-state index contributed by atoms with van der Waals surface area (Å²) in [6, 6.07) is 10.4. The minimum atomic E-state index is -0.944. The molecule has 1 N–H and O–H groups in total. The summed E-state index contributed by atoms with van der Waals surface area (Å²) in [6.45, 7) is 0. The van der Waals surface area contributed by atoms with Crippen molar-refractivity contribution in [2.45, 2.75) is 0 Å². The van der Waals surface area contributed by atoms with Crippen LogP contribution < -0.4 is 0 Å². The molecule has 4 heteroatoms. The van der Waals surface area contributed by atoms with E-state index in [1.165, 1.54) is 0 Å². The molecule has 0 saturated carbocycles. The number of hydrogen-bond donors (Lipinski definition) is 1. The number of benzene rings is 1. The first-order valence-corrected chi connectivity index (χ1v) is 5.15. The molecule has 0 aliphatic rings. The van der Waals surface area contributed by atoms with Crippen LogP contribution in [0.15, 0.2) is 47.6 Å². The van der Waals surface area contributed by atoms with E-state index < -0.39 is 5.97 Å².